The third kappa shape index (κ3) is 6.33. The molecule has 11 nitrogen and oxygen atoms in total. The number of allylic oxidation sites excluding steroid dienone is 1. The lowest BCUT2D eigenvalue weighted by Crippen LogP contribution is -2.44. The number of amides is 1. The number of hydrogen-bond donors (Lipinski definition) is 2. The normalized spacial score (nSPS) is 16.9. The van der Waals surface area contributed by atoms with Crippen molar-refractivity contribution < 1.29 is 19.7 Å². The number of ether oxygens (including phenoxy) is 1. The van der Waals surface area contributed by atoms with Gasteiger partial charge in [-0.05, 0) is 53.9 Å². The van der Waals surface area contributed by atoms with Crippen LogP contribution in [0.2, 0.25) is 0 Å². The van der Waals surface area contributed by atoms with Gasteiger partial charge in [0.25, 0.3) is 11.5 Å². The molecule has 0 fully saturated rings. The molecular weight excluding hydrogens is 644 g/mol. The van der Waals surface area contributed by atoms with Gasteiger partial charge in [0.15, 0.2) is 5.60 Å². The van der Waals surface area contributed by atoms with Gasteiger partial charge < -0.3 is 19.8 Å². The molecule has 0 aliphatic carbocycles. The molecule has 1 unspecified atom stereocenters. The summed E-state index contributed by atoms with van der Waals surface area (Å²) in [7, 11) is 1.55. The van der Waals surface area contributed by atoms with E-state index in [4.69, 9.17) is 4.74 Å². The van der Waals surface area contributed by atoms with E-state index in [0.717, 1.165) is 16.5 Å². The predicted octanol–water partition coefficient (Wildman–Crippen LogP) is 5.13. The van der Waals surface area contributed by atoms with Crippen molar-refractivity contribution in [1.82, 2.24) is 24.8 Å². The van der Waals surface area contributed by atoms with E-state index < -0.39 is 17.4 Å². The average molecular weight is 683 g/mol. The molecule has 0 bridgehead atoms. The Bertz CT molecular complexity index is 2270. The molecule has 51 heavy (non-hydrogen) atoms. The summed E-state index contributed by atoms with van der Waals surface area (Å²) in [4.78, 5) is 28.9. The van der Waals surface area contributed by atoms with Crippen LogP contribution in [0.1, 0.15) is 41.6 Å². The molecular formula is C40H38N6O5. The maximum Gasteiger partial charge on any atom is 0.279 e. The van der Waals surface area contributed by atoms with E-state index in [1.54, 1.807) is 59.3 Å². The second-order valence-electron chi connectivity index (χ2n) is 12.7. The van der Waals surface area contributed by atoms with Crippen LogP contribution in [0.5, 0.6) is 5.75 Å². The first kappa shape index (κ1) is 33.6. The minimum atomic E-state index is -1.83. The Morgan fingerprint density at radius 3 is 2.49 bits per heavy atom. The number of rotatable bonds is 12. The Morgan fingerprint density at radius 1 is 0.961 bits per heavy atom. The van der Waals surface area contributed by atoms with Crippen LogP contribution >= 0.6 is 0 Å². The van der Waals surface area contributed by atoms with E-state index in [9.17, 15) is 19.8 Å². The van der Waals surface area contributed by atoms with Crippen LogP contribution in [-0.2, 0) is 23.5 Å². The highest BCUT2D eigenvalue weighted by Crippen LogP contribution is 2.47. The Morgan fingerprint density at radius 2 is 1.73 bits per heavy atom. The number of aromatic nitrogens is 5. The highest BCUT2D eigenvalue weighted by atomic mass is 16.5. The zero-order valence-corrected chi connectivity index (χ0v) is 28.3. The summed E-state index contributed by atoms with van der Waals surface area (Å²) in [5, 5.41) is 36.4. The summed E-state index contributed by atoms with van der Waals surface area (Å²) in [6, 6.07) is 29.6. The molecule has 4 aromatic carbocycles. The number of aliphatic hydroxyl groups excluding tert-OH is 1. The molecule has 7 rings (SSSR count). The van der Waals surface area contributed by atoms with Gasteiger partial charge in [0.2, 0.25) is 0 Å². The molecule has 3 atom stereocenters. The lowest BCUT2D eigenvalue weighted by Gasteiger charge is -2.28. The Labute approximate surface area is 294 Å². The van der Waals surface area contributed by atoms with Gasteiger partial charge in [-0.1, -0.05) is 85.0 Å². The van der Waals surface area contributed by atoms with Crippen molar-refractivity contribution in [3.05, 3.63) is 154 Å². The maximum atomic E-state index is 14.2. The fraction of sp³-hybridized carbons (Fsp3) is 0.225. The molecule has 2 N–H and O–H groups in total. The Hall–Kier alpha value is -5.91. The van der Waals surface area contributed by atoms with Crippen molar-refractivity contribution in [2.75, 3.05) is 18.6 Å². The summed E-state index contributed by atoms with van der Waals surface area (Å²) in [6.45, 7) is 2.49. The number of benzene rings is 4. The average Bonchev–Trinajstić information content (AvgIpc) is 3.72. The molecule has 0 radical (unpaired) electrons. The van der Waals surface area contributed by atoms with Gasteiger partial charge in [-0.25, -0.2) is 0 Å². The summed E-state index contributed by atoms with van der Waals surface area (Å²) in [5.41, 5.74) is 2.12. The summed E-state index contributed by atoms with van der Waals surface area (Å²) >= 11 is 0. The van der Waals surface area contributed by atoms with Crippen LogP contribution in [0.3, 0.4) is 0 Å². The smallest absolute Gasteiger partial charge is 0.279 e. The monoisotopic (exact) mass is 682 g/mol. The molecule has 0 saturated carbocycles. The number of carbonyl (C=O) groups excluding carboxylic acids is 1. The molecule has 1 aliphatic rings. The number of anilines is 1. The largest absolute Gasteiger partial charge is 0.497 e. The van der Waals surface area contributed by atoms with Gasteiger partial charge >= 0.3 is 0 Å². The Balaban J connectivity index is 1.07. The lowest BCUT2D eigenvalue weighted by atomic mass is 9.83. The number of fused-ring (bicyclic) bond motifs is 2. The third-order valence-corrected chi connectivity index (χ3v) is 9.60. The molecule has 2 aromatic heterocycles. The van der Waals surface area contributed by atoms with E-state index >= 15 is 0 Å². The number of methoxy groups -OCH3 is 1. The second kappa shape index (κ2) is 14.1. The zero-order chi connectivity index (χ0) is 35.5. The zero-order valence-electron chi connectivity index (χ0n) is 28.3. The van der Waals surface area contributed by atoms with Crippen molar-refractivity contribution in [1.29, 1.82) is 0 Å². The molecule has 1 amide bonds. The van der Waals surface area contributed by atoms with Gasteiger partial charge in [-0.15, -0.1) is 5.10 Å². The number of aryl methyl sites for hydroxylation is 1. The Kier molecular flexibility index (Phi) is 9.31. The van der Waals surface area contributed by atoms with Crippen LogP contribution in [0.25, 0.3) is 16.5 Å². The highest BCUT2D eigenvalue weighted by Gasteiger charge is 2.52. The fourth-order valence-electron chi connectivity index (χ4n) is 6.69. The van der Waals surface area contributed by atoms with Crippen molar-refractivity contribution >= 4 is 22.4 Å². The van der Waals surface area contributed by atoms with E-state index in [-0.39, 0.29) is 24.6 Å². The first-order chi connectivity index (χ1) is 24.8. The van der Waals surface area contributed by atoms with Gasteiger partial charge in [0.1, 0.15) is 5.75 Å². The molecule has 1 aliphatic heterocycles. The lowest BCUT2D eigenvalue weighted by molar-refractivity contribution is -0.139. The van der Waals surface area contributed by atoms with Crippen molar-refractivity contribution in [3.8, 4) is 11.4 Å². The van der Waals surface area contributed by atoms with Gasteiger partial charge in [0, 0.05) is 29.6 Å². The standard InChI is InChI=1S/C40H38N6O5/c1-27(10-8-9-21-44-25-36(42-43-44)34(26-47)29-11-4-3-5-12-29)40(50)35-22-32(51-2)19-20-37(35)45(39(40)49)24-28-15-17-31(18-16-28)46-38(48)33-14-7-6-13-30(33)23-41-46/h3-8,10-20,22-23,25,27,34,47,50H,9,21,24,26H2,1-2H3/b10-8+/t27-,34?,40+/m1/s1. The second-order valence-corrected chi connectivity index (χ2v) is 12.7. The number of aliphatic hydroxyl groups is 2. The molecule has 3 heterocycles. The minimum absolute atomic E-state index is 0.0779. The van der Waals surface area contributed by atoms with E-state index in [2.05, 4.69) is 15.4 Å². The van der Waals surface area contributed by atoms with Crippen LogP contribution in [0, 0.1) is 5.92 Å². The quantitative estimate of drug-likeness (QED) is 0.170. The number of carbonyl (C=O) groups is 1. The van der Waals surface area contributed by atoms with Crippen molar-refractivity contribution in [2.24, 2.45) is 5.92 Å². The van der Waals surface area contributed by atoms with Crippen LogP contribution in [0.15, 0.2) is 126 Å². The van der Waals surface area contributed by atoms with E-state index in [1.165, 1.54) is 4.68 Å². The van der Waals surface area contributed by atoms with Crippen LogP contribution in [0.4, 0.5) is 5.69 Å². The summed E-state index contributed by atoms with van der Waals surface area (Å²) in [6.07, 6.45) is 7.87. The SMILES string of the molecule is COc1ccc2c(c1)[C@@](O)([C@H](C)/C=C/CCn1cc(C(CO)c3ccccc3)nn1)C(=O)N2Cc1ccc(-n2ncc3ccccc3c2=O)cc1. The third-order valence-electron chi connectivity index (χ3n) is 9.60. The van der Waals surface area contributed by atoms with Crippen LogP contribution < -0.4 is 15.2 Å². The van der Waals surface area contributed by atoms with Crippen molar-refractivity contribution in [2.45, 2.75) is 38.0 Å². The topological polar surface area (TPSA) is 136 Å². The minimum Gasteiger partial charge on any atom is -0.497 e. The number of nitrogens with zero attached hydrogens (tertiary/aromatic N) is 6. The first-order valence-electron chi connectivity index (χ1n) is 16.8. The first-order valence-corrected chi connectivity index (χ1v) is 16.8. The highest BCUT2D eigenvalue weighted by molar-refractivity contribution is 6.07. The summed E-state index contributed by atoms with van der Waals surface area (Å²) < 4.78 is 8.56. The van der Waals surface area contributed by atoms with Crippen molar-refractivity contribution in [3.63, 3.8) is 0 Å². The van der Waals surface area contributed by atoms with E-state index in [1.807, 2.05) is 85.9 Å². The van der Waals surface area contributed by atoms with Gasteiger partial charge in [0.05, 0.1) is 54.8 Å². The van der Waals surface area contributed by atoms with Gasteiger partial charge in [-0.2, -0.15) is 9.78 Å². The molecule has 258 valence electrons. The molecule has 0 saturated heterocycles. The maximum absolute atomic E-state index is 14.2. The van der Waals surface area contributed by atoms with E-state index in [0.29, 0.717) is 46.7 Å². The number of hydrogen-bond acceptors (Lipinski definition) is 8. The van der Waals surface area contributed by atoms with Crippen LogP contribution in [-0.4, -0.2) is 54.6 Å². The molecule has 11 heteroatoms. The fourth-order valence-corrected chi connectivity index (χ4v) is 6.69. The molecule has 6 aromatic rings. The summed E-state index contributed by atoms with van der Waals surface area (Å²) in [5.74, 6) is -0.731. The van der Waals surface area contributed by atoms with Gasteiger partial charge in [-0.3, -0.25) is 14.3 Å². The molecule has 0 spiro atoms. The predicted molar refractivity (Wildman–Crippen MR) is 194 cm³/mol.